The van der Waals surface area contributed by atoms with Crippen LogP contribution in [0.15, 0.2) is 18.3 Å². The SMILES string of the molecule is COc1cc2c(cc1O)-c1[nH]ncc1CCC2. The number of methoxy groups -OCH3 is 1. The first-order valence-electron chi connectivity index (χ1n) is 5.72. The number of phenols is 1. The maximum absolute atomic E-state index is 9.86. The fraction of sp³-hybridized carbons (Fsp3) is 0.308. The molecule has 1 heterocycles. The van der Waals surface area contributed by atoms with E-state index >= 15 is 0 Å². The van der Waals surface area contributed by atoms with Gasteiger partial charge in [-0.1, -0.05) is 0 Å². The van der Waals surface area contributed by atoms with E-state index in [0.717, 1.165) is 30.5 Å². The van der Waals surface area contributed by atoms with E-state index in [0.29, 0.717) is 5.75 Å². The quantitative estimate of drug-likeness (QED) is 0.790. The van der Waals surface area contributed by atoms with Crippen molar-refractivity contribution in [2.75, 3.05) is 7.11 Å². The molecule has 1 aromatic heterocycles. The summed E-state index contributed by atoms with van der Waals surface area (Å²) < 4.78 is 5.15. The topological polar surface area (TPSA) is 58.1 Å². The van der Waals surface area contributed by atoms with Gasteiger partial charge in [-0.3, -0.25) is 5.10 Å². The van der Waals surface area contributed by atoms with Crippen molar-refractivity contribution in [1.29, 1.82) is 0 Å². The molecule has 1 aliphatic carbocycles. The Bertz CT molecular complexity index is 561. The lowest BCUT2D eigenvalue weighted by molar-refractivity contribution is 0.373. The predicted octanol–water partition coefficient (Wildman–Crippen LogP) is 2.28. The van der Waals surface area contributed by atoms with Crippen molar-refractivity contribution in [3.63, 3.8) is 0 Å². The summed E-state index contributed by atoms with van der Waals surface area (Å²) in [5, 5.41) is 17.0. The monoisotopic (exact) mass is 230 g/mol. The van der Waals surface area contributed by atoms with E-state index in [2.05, 4.69) is 10.2 Å². The van der Waals surface area contributed by atoms with E-state index in [-0.39, 0.29) is 5.75 Å². The van der Waals surface area contributed by atoms with Gasteiger partial charge in [-0.15, -0.1) is 0 Å². The highest BCUT2D eigenvalue weighted by Gasteiger charge is 2.18. The van der Waals surface area contributed by atoms with Gasteiger partial charge in [0.2, 0.25) is 0 Å². The second-order valence-corrected chi connectivity index (χ2v) is 4.30. The summed E-state index contributed by atoms with van der Waals surface area (Å²) in [5.41, 5.74) is 4.47. The highest BCUT2D eigenvalue weighted by molar-refractivity contribution is 5.71. The van der Waals surface area contributed by atoms with E-state index in [9.17, 15) is 5.11 Å². The molecule has 88 valence electrons. The smallest absolute Gasteiger partial charge is 0.160 e. The lowest BCUT2D eigenvalue weighted by Gasteiger charge is -2.10. The van der Waals surface area contributed by atoms with Crippen molar-refractivity contribution in [2.45, 2.75) is 19.3 Å². The molecule has 0 aliphatic heterocycles. The molecule has 0 amide bonds. The standard InChI is InChI=1S/C13H14N2O2/c1-17-12-5-8-3-2-4-9-7-14-15-13(9)10(8)6-11(12)16/h5-7,16H,2-4H2,1H3,(H,14,15). The molecular formula is C13H14N2O2. The summed E-state index contributed by atoms with van der Waals surface area (Å²) in [5.74, 6) is 0.709. The first kappa shape index (κ1) is 10.2. The average molecular weight is 230 g/mol. The third-order valence-corrected chi connectivity index (χ3v) is 3.28. The summed E-state index contributed by atoms with van der Waals surface area (Å²) in [7, 11) is 1.57. The fourth-order valence-corrected chi connectivity index (χ4v) is 2.42. The van der Waals surface area contributed by atoms with Crippen molar-refractivity contribution in [3.8, 4) is 22.8 Å². The highest BCUT2D eigenvalue weighted by Crippen LogP contribution is 2.38. The van der Waals surface area contributed by atoms with Gasteiger partial charge in [0.15, 0.2) is 11.5 Å². The van der Waals surface area contributed by atoms with Gasteiger partial charge in [-0.25, -0.2) is 0 Å². The molecule has 0 saturated heterocycles. The molecule has 1 aliphatic rings. The summed E-state index contributed by atoms with van der Waals surface area (Å²) in [4.78, 5) is 0. The Hall–Kier alpha value is -1.97. The van der Waals surface area contributed by atoms with Crippen LogP contribution in [0.2, 0.25) is 0 Å². The average Bonchev–Trinajstić information content (AvgIpc) is 2.72. The van der Waals surface area contributed by atoms with Gasteiger partial charge in [-0.05, 0) is 42.5 Å². The van der Waals surface area contributed by atoms with Crippen LogP contribution in [-0.2, 0) is 12.8 Å². The molecule has 0 spiro atoms. The Morgan fingerprint density at radius 3 is 2.94 bits per heavy atom. The number of aromatic nitrogens is 2. The molecule has 4 nitrogen and oxygen atoms in total. The number of aromatic amines is 1. The highest BCUT2D eigenvalue weighted by atomic mass is 16.5. The number of benzene rings is 1. The van der Waals surface area contributed by atoms with Crippen molar-refractivity contribution in [2.24, 2.45) is 0 Å². The van der Waals surface area contributed by atoms with Crippen LogP contribution in [0.25, 0.3) is 11.3 Å². The number of phenolic OH excluding ortho intramolecular Hbond substituents is 1. The summed E-state index contributed by atoms with van der Waals surface area (Å²) in [6, 6.07) is 3.68. The minimum absolute atomic E-state index is 0.175. The first-order valence-corrected chi connectivity index (χ1v) is 5.72. The number of hydrogen-bond donors (Lipinski definition) is 2. The summed E-state index contributed by atoms with van der Waals surface area (Å²) >= 11 is 0. The van der Waals surface area contributed by atoms with Crippen LogP contribution in [-0.4, -0.2) is 22.4 Å². The molecule has 0 unspecified atom stereocenters. The van der Waals surface area contributed by atoms with Crippen molar-refractivity contribution in [1.82, 2.24) is 10.2 Å². The number of aromatic hydroxyl groups is 1. The number of fused-ring (bicyclic) bond motifs is 3. The van der Waals surface area contributed by atoms with E-state index in [1.165, 1.54) is 11.1 Å². The lowest BCUT2D eigenvalue weighted by atomic mass is 10.0. The molecule has 2 aromatic rings. The van der Waals surface area contributed by atoms with Crippen molar-refractivity contribution in [3.05, 3.63) is 29.5 Å². The number of H-pyrrole nitrogens is 1. The Morgan fingerprint density at radius 2 is 2.12 bits per heavy atom. The second-order valence-electron chi connectivity index (χ2n) is 4.30. The van der Waals surface area contributed by atoms with E-state index in [1.807, 2.05) is 12.3 Å². The number of nitrogens with zero attached hydrogens (tertiary/aromatic N) is 1. The molecule has 1 aromatic carbocycles. The second kappa shape index (κ2) is 3.80. The number of hydrogen-bond acceptors (Lipinski definition) is 3. The molecular weight excluding hydrogens is 216 g/mol. The van der Waals surface area contributed by atoms with Gasteiger partial charge in [0.05, 0.1) is 19.0 Å². The molecule has 2 N–H and O–H groups in total. The van der Waals surface area contributed by atoms with E-state index in [1.54, 1.807) is 13.2 Å². The Labute approximate surface area is 99.2 Å². The van der Waals surface area contributed by atoms with Crippen molar-refractivity contribution < 1.29 is 9.84 Å². The van der Waals surface area contributed by atoms with Crippen LogP contribution in [0.4, 0.5) is 0 Å². The normalized spacial score (nSPS) is 13.7. The van der Waals surface area contributed by atoms with Gasteiger partial charge in [0, 0.05) is 5.56 Å². The number of aryl methyl sites for hydroxylation is 2. The van der Waals surface area contributed by atoms with Crippen LogP contribution in [0.1, 0.15) is 17.5 Å². The minimum Gasteiger partial charge on any atom is -0.504 e. The fourth-order valence-electron chi connectivity index (χ4n) is 2.42. The van der Waals surface area contributed by atoms with Crippen molar-refractivity contribution >= 4 is 0 Å². The number of rotatable bonds is 1. The Kier molecular flexibility index (Phi) is 2.28. The van der Waals surface area contributed by atoms with Gasteiger partial charge >= 0.3 is 0 Å². The molecule has 0 bridgehead atoms. The van der Waals surface area contributed by atoms with E-state index < -0.39 is 0 Å². The predicted molar refractivity (Wildman–Crippen MR) is 64.3 cm³/mol. The lowest BCUT2D eigenvalue weighted by Crippen LogP contribution is -1.92. The summed E-state index contributed by atoms with van der Waals surface area (Å²) in [6.07, 6.45) is 4.97. The largest absolute Gasteiger partial charge is 0.504 e. The van der Waals surface area contributed by atoms with Crippen LogP contribution in [0.5, 0.6) is 11.5 Å². The van der Waals surface area contributed by atoms with Gasteiger partial charge in [0.1, 0.15) is 0 Å². The van der Waals surface area contributed by atoms with Gasteiger partial charge < -0.3 is 9.84 Å². The molecule has 0 radical (unpaired) electrons. The number of nitrogens with one attached hydrogen (secondary N) is 1. The molecule has 0 fully saturated rings. The van der Waals surface area contributed by atoms with Crippen LogP contribution >= 0.6 is 0 Å². The number of ether oxygens (including phenoxy) is 1. The molecule has 0 atom stereocenters. The molecule has 4 heteroatoms. The zero-order chi connectivity index (χ0) is 11.8. The maximum atomic E-state index is 9.86. The third-order valence-electron chi connectivity index (χ3n) is 3.28. The van der Waals surface area contributed by atoms with Gasteiger partial charge in [-0.2, -0.15) is 5.10 Å². The van der Waals surface area contributed by atoms with Crippen LogP contribution in [0, 0.1) is 0 Å². The minimum atomic E-state index is 0.175. The molecule has 0 saturated carbocycles. The van der Waals surface area contributed by atoms with E-state index in [4.69, 9.17) is 4.74 Å². The Morgan fingerprint density at radius 1 is 1.29 bits per heavy atom. The first-order chi connectivity index (χ1) is 8.29. The van der Waals surface area contributed by atoms with Crippen LogP contribution in [0.3, 0.4) is 0 Å². The molecule has 3 rings (SSSR count). The summed E-state index contributed by atoms with van der Waals surface area (Å²) in [6.45, 7) is 0. The Balaban J connectivity index is 2.22. The zero-order valence-corrected chi connectivity index (χ0v) is 9.66. The maximum Gasteiger partial charge on any atom is 0.160 e. The van der Waals surface area contributed by atoms with Crippen LogP contribution < -0.4 is 4.74 Å². The molecule has 17 heavy (non-hydrogen) atoms. The third kappa shape index (κ3) is 1.56. The van der Waals surface area contributed by atoms with Gasteiger partial charge in [0.25, 0.3) is 0 Å². The zero-order valence-electron chi connectivity index (χ0n) is 9.66.